The molecular weight excluding hydrogens is 176 g/mol. The summed E-state index contributed by atoms with van der Waals surface area (Å²) in [6.45, 7) is 0.749. The van der Waals surface area contributed by atoms with Gasteiger partial charge in [-0.3, -0.25) is 5.41 Å². The first kappa shape index (κ1) is 9.57. The summed E-state index contributed by atoms with van der Waals surface area (Å²) in [5.74, 6) is -3.31. The maximum atomic E-state index is 12.7. The van der Waals surface area contributed by atoms with Gasteiger partial charge in [0, 0.05) is 6.92 Å². The fourth-order valence-corrected chi connectivity index (χ4v) is 0.829. The molecule has 0 saturated carbocycles. The lowest BCUT2D eigenvalue weighted by Crippen LogP contribution is -2.17. The second-order valence-electron chi connectivity index (χ2n) is 2.71. The van der Waals surface area contributed by atoms with Crippen molar-refractivity contribution < 1.29 is 8.78 Å². The van der Waals surface area contributed by atoms with Crippen molar-refractivity contribution in [3.05, 3.63) is 29.6 Å². The van der Waals surface area contributed by atoms with Gasteiger partial charge < -0.3 is 5.73 Å². The highest BCUT2D eigenvalue weighted by Crippen LogP contribution is 2.24. The van der Waals surface area contributed by atoms with Gasteiger partial charge in [-0.05, 0) is 12.1 Å². The lowest BCUT2D eigenvalue weighted by molar-refractivity contribution is 0.0127. The maximum Gasteiger partial charge on any atom is 0.286 e. The van der Waals surface area contributed by atoms with Gasteiger partial charge in [0.2, 0.25) is 0 Å². The molecule has 1 aromatic heterocycles. The first-order valence-electron chi connectivity index (χ1n) is 3.61. The highest BCUT2D eigenvalue weighted by Gasteiger charge is 2.26. The molecule has 0 aromatic carbocycles. The summed E-state index contributed by atoms with van der Waals surface area (Å²) in [6.07, 6.45) is 0. The van der Waals surface area contributed by atoms with E-state index in [1.807, 2.05) is 0 Å². The van der Waals surface area contributed by atoms with Crippen LogP contribution in [0, 0.1) is 5.41 Å². The van der Waals surface area contributed by atoms with Gasteiger partial charge in [-0.2, -0.15) is 8.78 Å². The Kier molecular flexibility index (Phi) is 2.27. The predicted molar refractivity (Wildman–Crippen MR) is 44.8 cm³/mol. The van der Waals surface area contributed by atoms with E-state index < -0.39 is 5.92 Å². The van der Waals surface area contributed by atoms with E-state index in [4.69, 9.17) is 11.1 Å². The molecule has 0 amide bonds. The Morgan fingerprint density at radius 2 is 2.15 bits per heavy atom. The lowest BCUT2D eigenvalue weighted by Gasteiger charge is -2.09. The van der Waals surface area contributed by atoms with Crippen LogP contribution in [0.1, 0.15) is 18.3 Å². The zero-order chi connectivity index (χ0) is 10.1. The van der Waals surface area contributed by atoms with E-state index >= 15 is 0 Å². The number of aromatic nitrogens is 1. The molecule has 0 aliphatic heterocycles. The zero-order valence-corrected chi connectivity index (χ0v) is 7.01. The van der Waals surface area contributed by atoms with E-state index in [0.29, 0.717) is 0 Å². The van der Waals surface area contributed by atoms with Gasteiger partial charge in [0.05, 0.1) is 0 Å². The summed E-state index contributed by atoms with van der Waals surface area (Å²) in [5.41, 5.74) is 4.80. The highest BCUT2D eigenvalue weighted by atomic mass is 19.3. The minimum Gasteiger partial charge on any atom is -0.382 e. The molecule has 0 aliphatic carbocycles. The van der Waals surface area contributed by atoms with Crippen LogP contribution < -0.4 is 5.73 Å². The molecule has 0 unspecified atom stereocenters. The fraction of sp³-hybridized carbons (Fsp3) is 0.250. The van der Waals surface area contributed by atoms with Crippen LogP contribution in [-0.4, -0.2) is 10.8 Å². The van der Waals surface area contributed by atoms with E-state index in [0.717, 1.165) is 6.92 Å². The smallest absolute Gasteiger partial charge is 0.286 e. The van der Waals surface area contributed by atoms with Crippen LogP contribution in [0.2, 0.25) is 0 Å². The van der Waals surface area contributed by atoms with Crippen molar-refractivity contribution in [2.45, 2.75) is 12.8 Å². The number of pyridine rings is 1. The second-order valence-corrected chi connectivity index (χ2v) is 2.71. The number of nitrogens with zero attached hydrogens (tertiary/aromatic N) is 1. The zero-order valence-electron chi connectivity index (χ0n) is 7.01. The fourth-order valence-electron chi connectivity index (χ4n) is 0.829. The largest absolute Gasteiger partial charge is 0.382 e. The Bertz CT molecular complexity index is 330. The molecule has 1 heterocycles. The van der Waals surface area contributed by atoms with Gasteiger partial charge in [-0.1, -0.05) is 6.07 Å². The molecule has 0 atom stereocenters. The summed E-state index contributed by atoms with van der Waals surface area (Å²) in [6, 6.07) is 4.01. The van der Waals surface area contributed by atoms with E-state index in [1.54, 1.807) is 0 Å². The van der Waals surface area contributed by atoms with Crippen LogP contribution in [0.25, 0.3) is 0 Å². The van der Waals surface area contributed by atoms with Crippen LogP contribution >= 0.6 is 0 Å². The minimum absolute atomic E-state index is 0.0685. The Balaban J connectivity index is 3.13. The number of nitrogens with one attached hydrogen (secondary N) is 1. The molecule has 0 fully saturated rings. The molecule has 1 aromatic rings. The average molecular weight is 185 g/mol. The van der Waals surface area contributed by atoms with Crippen LogP contribution in [0.5, 0.6) is 0 Å². The SMILES string of the molecule is CC(F)(F)c1cccc(C(=N)N)n1. The van der Waals surface area contributed by atoms with E-state index in [2.05, 4.69) is 4.98 Å². The van der Waals surface area contributed by atoms with Crippen molar-refractivity contribution in [1.29, 1.82) is 5.41 Å². The van der Waals surface area contributed by atoms with Crippen molar-refractivity contribution >= 4 is 5.84 Å². The molecule has 0 spiro atoms. The topological polar surface area (TPSA) is 62.8 Å². The molecule has 0 radical (unpaired) electrons. The second kappa shape index (κ2) is 3.08. The van der Waals surface area contributed by atoms with Gasteiger partial charge in [0.25, 0.3) is 5.92 Å². The number of nitrogen functional groups attached to an aromatic ring is 1. The number of rotatable bonds is 2. The normalized spacial score (nSPS) is 11.3. The predicted octanol–water partition coefficient (Wildman–Crippen LogP) is 1.48. The standard InChI is InChI=1S/C8H9F2N3/c1-8(9,10)6-4-2-3-5(13-6)7(11)12/h2-4H,1H3,(H3,11,12). The molecular formula is C8H9F2N3. The van der Waals surface area contributed by atoms with Crippen molar-refractivity contribution in [2.75, 3.05) is 0 Å². The van der Waals surface area contributed by atoms with Gasteiger partial charge in [-0.15, -0.1) is 0 Å². The molecule has 70 valence electrons. The number of nitrogens with two attached hydrogens (primary N) is 1. The minimum atomic E-state index is -2.99. The third-order valence-corrected chi connectivity index (χ3v) is 1.47. The molecule has 13 heavy (non-hydrogen) atoms. The quantitative estimate of drug-likeness (QED) is 0.541. The van der Waals surface area contributed by atoms with Gasteiger partial charge >= 0.3 is 0 Å². The van der Waals surface area contributed by atoms with Crippen molar-refractivity contribution in [3.63, 3.8) is 0 Å². The molecule has 5 heteroatoms. The Hall–Kier alpha value is -1.52. The molecule has 1 rings (SSSR count). The number of hydrogen-bond acceptors (Lipinski definition) is 2. The molecule has 3 nitrogen and oxygen atoms in total. The van der Waals surface area contributed by atoms with Crippen LogP contribution in [0.4, 0.5) is 8.78 Å². The number of alkyl halides is 2. The first-order chi connectivity index (χ1) is 5.91. The third kappa shape index (κ3) is 2.21. The van der Waals surface area contributed by atoms with Gasteiger partial charge in [-0.25, -0.2) is 4.98 Å². The lowest BCUT2D eigenvalue weighted by atomic mass is 10.2. The van der Waals surface area contributed by atoms with Gasteiger partial charge in [0.15, 0.2) is 0 Å². The number of amidine groups is 1. The summed E-state index contributed by atoms with van der Waals surface area (Å²) in [5, 5.41) is 7.01. The van der Waals surface area contributed by atoms with E-state index in [-0.39, 0.29) is 17.2 Å². The van der Waals surface area contributed by atoms with Crippen LogP contribution in [0.15, 0.2) is 18.2 Å². The summed E-state index contributed by atoms with van der Waals surface area (Å²) in [7, 11) is 0. The van der Waals surface area contributed by atoms with E-state index in [1.165, 1.54) is 18.2 Å². The van der Waals surface area contributed by atoms with Crippen molar-refractivity contribution in [2.24, 2.45) is 5.73 Å². The Labute approximate surface area is 74.1 Å². The summed E-state index contributed by atoms with van der Waals surface area (Å²) < 4.78 is 25.4. The average Bonchev–Trinajstić information content (AvgIpc) is 2.03. The highest BCUT2D eigenvalue weighted by molar-refractivity contribution is 5.92. The van der Waals surface area contributed by atoms with Crippen LogP contribution in [0.3, 0.4) is 0 Å². The number of halogens is 2. The third-order valence-electron chi connectivity index (χ3n) is 1.47. The Morgan fingerprint density at radius 3 is 2.62 bits per heavy atom. The Morgan fingerprint density at radius 1 is 1.54 bits per heavy atom. The van der Waals surface area contributed by atoms with E-state index in [9.17, 15) is 8.78 Å². The first-order valence-corrected chi connectivity index (χ1v) is 3.61. The summed E-state index contributed by atoms with van der Waals surface area (Å²) in [4.78, 5) is 3.54. The molecule has 3 N–H and O–H groups in total. The number of hydrogen-bond donors (Lipinski definition) is 2. The monoisotopic (exact) mass is 185 g/mol. The molecule has 0 saturated heterocycles. The molecule has 0 aliphatic rings. The molecule has 0 bridgehead atoms. The van der Waals surface area contributed by atoms with Crippen molar-refractivity contribution in [3.8, 4) is 0 Å². The van der Waals surface area contributed by atoms with Crippen LogP contribution in [-0.2, 0) is 5.92 Å². The van der Waals surface area contributed by atoms with Gasteiger partial charge in [0.1, 0.15) is 17.2 Å². The summed E-state index contributed by atoms with van der Waals surface area (Å²) >= 11 is 0. The van der Waals surface area contributed by atoms with Crippen molar-refractivity contribution in [1.82, 2.24) is 4.98 Å². The maximum absolute atomic E-state index is 12.7.